The van der Waals surface area contributed by atoms with Crippen molar-refractivity contribution >= 4 is 28.1 Å². The summed E-state index contributed by atoms with van der Waals surface area (Å²) in [7, 11) is 1.61. The minimum Gasteiger partial charge on any atom is -0.497 e. The molecule has 1 aromatic heterocycles. The summed E-state index contributed by atoms with van der Waals surface area (Å²) in [4.78, 5) is 16.5. The van der Waals surface area contributed by atoms with Gasteiger partial charge in [-0.2, -0.15) is 0 Å². The number of nitrogens with zero attached hydrogens (tertiary/aromatic N) is 1. The van der Waals surface area contributed by atoms with Gasteiger partial charge in [0.1, 0.15) is 11.6 Å². The fourth-order valence-corrected chi connectivity index (χ4v) is 3.00. The number of carbonyl (C=O) groups is 1. The quantitative estimate of drug-likeness (QED) is 0.661. The Balaban J connectivity index is 1.49. The van der Waals surface area contributed by atoms with Gasteiger partial charge in [-0.15, -0.1) is 11.3 Å². The summed E-state index contributed by atoms with van der Waals surface area (Å²) < 4.78 is 18.0. The van der Waals surface area contributed by atoms with Crippen molar-refractivity contribution in [2.75, 3.05) is 12.4 Å². The summed E-state index contributed by atoms with van der Waals surface area (Å²) in [5, 5.41) is 8.46. The number of amides is 1. The summed E-state index contributed by atoms with van der Waals surface area (Å²) >= 11 is 1.40. The van der Waals surface area contributed by atoms with Crippen LogP contribution in [-0.2, 0) is 17.8 Å². The largest absolute Gasteiger partial charge is 0.497 e. The average molecular weight is 371 g/mol. The Morgan fingerprint density at radius 2 is 1.88 bits per heavy atom. The molecule has 0 radical (unpaired) electrons. The van der Waals surface area contributed by atoms with E-state index >= 15 is 0 Å². The molecule has 1 amide bonds. The number of rotatable bonds is 7. The summed E-state index contributed by atoms with van der Waals surface area (Å²) in [6.45, 7) is 0.452. The van der Waals surface area contributed by atoms with Crippen LogP contribution in [0.3, 0.4) is 0 Å². The van der Waals surface area contributed by atoms with Crippen molar-refractivity contribution in [3.8, 4) is 5.75 Å². The maximum atomic E-state index is 12.9. The molecular weight excluding hydrogens is 353 g/mol. The van der Waals surface area contributed by atoms with Crippen LogP contribution >= 0.6 is 11.3 Å². The first-order chi connectivity index (χ1) is 12.6. The Morgan fingerprint density at radius 3 is 2.58 bits per heavy atom. The molecule has 2 N–H and O–H groups in total. The number of halogens is 1. The number of carbonyl (C=O) groups excluding carboxylic acids is 1. The smallest absolute Gasteiger partial charge is 0.226 e. The first-order valence-electron chi connectivity index (χ1n) is 7.99. The van der Waals surface area contributed by atoms with E-state index in [1.54, 1.807) is 19.2 Å². The molecule has 2 aromatic carbocycles. The molecule has 26 heavy (non-hydrogen) atoms. The van der Waals surface area contributed by atoms with Crippen molar-refractivity contribution in [1.29, 1.82) is 0 Å². The van der Waals surface area contributed by atoms with Gasteiger partial charge >= 0.3 is 0 Å². The highest BCUT2D eigenvalue weighted by molar-refractivity contribution is 7.13. The van der Waals surface area contributed by atoms with Crippen molar-refractivity contribution in [2.45, 2.75) is 13.0 Å². The molecule has 7 heteroatoms. The Hall–Kier alpha value is -2.93. The van der Waals surface area contributed by atoms with Crippen molar-refractivity contribution in [3.05, 3.63) is 71.0 Å². The van der Waals surface area contributed by atoms with Gasteiger partial charge in [-0.3, -0.25) is 4.79 Å². The number of anilines is 2. The number of ether oxygens (including phenoxy) is 1. The zero-order valence-corrected chi connectivity index (χ0v) is 15.0. The zero-order valence-electron chi connectivity index (χ0n) is 14.2. The predicted molar refractivity (Wildman–Crippen MR) is 100 cm³/mol. The second kappa shape index (κ2) is 8.44. The highest BCUT2D eigenvalue weighted by Crippen LogP contribution is 2.21. The highest BCUT2D eigenvalue weighted by Gasteiger charge is 2.08. The van der Waals surface area contributed by atoms with Gasteiger partial charge in [-0.05, 0) is 42.0 Å². The van der Waals surface area contributed by atoms with Crippen LogP contribution in [0.25, 0.3) is 0 Å². The molecule has 0 aliphatic carbocycles. The normalized spacial score (nSPS) is 10.4. The van der Waals surface area contributed by atoms with Crippen LogP contribution in [0.5, 0.6) is 5.75 Å². The third-order valence-electron chi connectivity index (χ3n) is 3.64. The van der Waals surface area contributed by atoms with Crippen LogP contribution in [0.4, 0.5) is 15.2 Å². The van der Waals surface area contributed by atoms with Crippen LogP contribution in [-0.4, -0.2) is 18.0 Å². The second-order valence-corrected chi connectivity index (χ2v) is 6.44. The molecule has 0 bridgehead atoms. The van der Waals surface area contributed by atoms with E-state index in [2.05, 4.69) is 15.6 Å². The molecule has 3 rings (SSSR count). The Morgan fingerprint density at radius 1 is 1.15 bits per heavy atom. The molecule has 134 valence electrons. The van der Waals surface area contributed by atoms with E-state index in [-0.39, 0.29) is 18.1 Å². The van der Waals surface area contributed by atoms with Crippen LogP contribution in [0, 0.1) is 5.82 Å². The number of methoxy groups -OCH3 is 1. The van der Waals surface area contributed by atoms with Crippen molar-refractivity contribution in [3.63, 3.8) is 0 Å². The minimum absolute atomic E-state index is 0.0977. The molecule has 0 saturated carbocycles. The Kier molecular flexibility index (Phi) is 5.80. The summed E-state index contributed by atoms with van der Waals surface area (Å²) in [6.07, 6.45) is 0.206. The average Bonchev–Trinajstić information content (AvgIpc) is 3.09. The fraction of sp³-hybridized carbons (Fsp3) is 0.158. The van der Waals surface area contributed by atoms with Gasteiger partial charge in [0.2, 0.25) is 5.91 Å². The van der Waals surface area contributed by atoms with Gasteiger partial charge in [0.05, 0.1) is 19.2 Å². The molecule has 0 aliphatic heterocycles. The molecule has 0 saturated heterocycles. The molecule has 1 heterocycles. The Labute approximate surface area is 154 Å². The lowest BCUT2D eigenvalue weighted by molar-refractivity contribution is -0.120. The van der Waals surface area contributed by atoms with Crippen LogP contribution in [0.15, 0.2) is 53.9 Å². The lowest BCUT2D eigenvalue weighted by Gasteiger charge is -2.05. The number of hydrogen-bond donors (Lipinski definition) is 2. The maximum absolute atomic E-state index is 12.9. The van der Waals surface area contributed by atoms with Crippen molar-refractivity contribution in [1.82, 2.24) is 10.3 Å². The van der Waals surface area contributed by atoms with Gasteiger partial charge in [0.15, 0.2) is 5.13 Å². The maximum Gasteiger partial charge on any atom is 0.226 e. The fourth-order valence-electron chi connectivity index (χ4n) is 2.27. The van der Waals surface area contributed by atoms with E-state index in [1.165, 1.54) is 23.5 Å². The van der Waals surface area contributed by atoms with E-state index in [1.807, 2.05) is 29.6 Å². The standard InChI is InChI=1S/C19H18FN3O2S/c1-25-17-8-2-13(3-9-17)11-21-18(24)10-16-12-26-19(23-16)22-15-6-4-14(20)5-7-15/h2-9,12H,10-11H2,1H3,(H,21,24)(H,22,23). The molecule has 3 aromatic rings. The molecule has 5 nitrogen and oxygen atoms in total. The molecule has 0 aliphatic rings. The monoisotopic (exact) mass is 371 g/mol. The van der Waals surface area contributed by atoms with E-state index in [0.717, 1.165) is 17.0 Å². The third kappa shape index (κ3) is 5.03. The van der Waals surface area contributed by atoms with E-state index in [9.17, 15) is 9.18 Å². The summed E-state index contributed by atoms with van der Waals surface area (Å²) in [6, 6.07) is 13.6. The lowest BCUT2D eigenvalue weighted by Crippen LogP contribution is -2.24. The van der Waals surface area contributed by atoms with Crippen LogP contribution in [0.2, 0.25) is 0 Å². The lowest BCUT2D eigenvalue weighted by atomic mass is 10.2. The molecule has 0 fully saturated rings. The van der Waals surface area contributed by atoms with Crippen molar-refractivity contribution in [2.24, 2.45) is 0 Å². The molecule has 0 unspecified atom stereocenters. The summed E-state index contributed by atoms with van der Waals surface area (Å²) in [5.41, 5.74) is 2.43. The van der Waals surface area contributed by atoms with Gasteiger partial charge < -0.3 is 15.4 Å². The second-order valence-electron chi connectivity index (χ2n) is 5.58. The highest BCUT2D eigenvalue weighted by atomic mass is 32.1. The number of nitrogens with one attached hydrogen (secondary N) is 2. The molecule has 0 atom stereocenters. The van der Waals surface area contributed by atoms with Gasteiger partial charge in [-0.25, -0.2) is 9.37 Å². The van der Waals surface area contributed by atoms with Crippen LogP contribution < -0.4 is 15.4 Å². The van der Waals surface area contributed by atoms with E-state index < -0.39 is 0 Å². The van der Waals surface area contributed by atoms with Gasteiger partial charge in [-0.1, -0.05) is 12.1 Å². The number of aromatic nitrogens is 1. The van der Waals surface area contributed by atoms with E-state index in [0.29, 0.717) is 17.4 Å². The SMILES string of the molecule is COc1ccc(CNC(=O)Cc2csc(Nc3ccc(F)cc3)n2)cc1. The topological polar surface area (TPSA) is 63.2 Å². The van der Waals surface area contributed by atoms with Gasteiger partial charge in [0.25, 0.3) is 0 Å². The van der Waals surface area contributed by atoms with E-state index in [4.69, 9.17) is 4.74 Å². The van der Waals surface area contributed by atoms with Crippen molar-refractivity contribution < 1.29 is 13.9 Å². The number of benzene rings is 2. The first-order valence-corrected chi connectivity index (χ1v) is 8.87. The van der Waals surface area contributed by atoms with Crippen LogP contribution in [0.1, 0.15) is 11.3 Å². The summed E-state index contributed by atoms with van der Waals surface area (Å²) in [5.74, 6) is 0.395. The van der Waals surface area contributed by atoms with Gasteiger partial charge in [0, 0.05) is 17.6 Å². The Bertz CT molecular complexity index is 863. The first kappa shape index (κ1) is 17.9. The third-order valence-corrected chi connectivity index (χ3v) is 4.44. The number of thiazole rings is 1. The minimum atomic E-state index is -0.288. The predicted octanol–water partition coefficient (Wildman–Crippen LogP) is 3.89. The molecular formula is C19H18FN3O2S. The number of hydrogen-bond acceptors (Lipinski definition) is 5. The molecule has 0 spiro atoms. The zero-order chi connectivity index (χ0) is 18.4.